The number of hydrogen-bond acceptors (Lipinski definition) is 3. The van der Waals surface area contributed by atoms with Gasteiger partial charge in [-0.25, -0.2) is 0 Å². The second-order valence-corrected chi connectivity index (χ2v) is 6.38. The monoisotopic (exact) mass is 334 g/mol. The van der Waals surface area contributed by atoms with Crippen LogP contribution in [0.15, 0.2) is 42.5 Å². The third kappa shape index (κ3) is 4.19. The molecule has 0 saturated carbocycles. The lowest BCUT2D eigenvalue weighted by Gasteiger charge is -2.22. The Balaban J connectivity index is 1.64. The van der Waals surface area contributed by atoms with Gasteiger partial charge in [0.1, 0.15) is 5.75 Å². The summed E-state index contributed by atoms with van der Waals surface area (Å²) in [5, 5.41) is 11.6. The van der Waals surface area contributed by atoms with Gasteiger partial charge in [-0.1, -0.05) is 24.3 Å². The van der Waals surface area contributed by atoms with Gasteiger partial charge < -0.3 is 10.1 Å². The van der Waals surface area contributed by atoms with E-state index in [0.717, 1.165) is 24.2 Å². The van der Waals surface area contributed by atoms with Crippen molar-refractivity contribution in [2.75, 3.05) is 5.32 Å². The summed E-state index contributed by atoms with van der Waals surface area (Å²) in [7, 11) is 0. The first kappa shape index (κ1) is 17.0. The minimum absolute atomic E-state index is 0.179. The molecule has 2 aromatic rings. The summed E-state index contributed by atoms with van der Waals surface area (Å²) >= 11 is 0. The first-order valence-electron chi connectivity index (χ1n) is 8.71. The van der Waals surface area contributed by atoms with E-state index in [9.17, 15) is 4.79 Å². The molecule has 3 rings (SSSR count). The highest BCUT2D eigenvalue weighted by molar-refractivity contribution is 5.94. The number of nitrogens with zero attached hydrogens (tertiary/aromatic N) is 1. The normalized spacial score (nSPS) is 14.1. The third-order valence-corrected chi connectivity index (χ3v) is 4.53. The van der Waals surface area contributed by atoms with E-state index in [1.165, 1.54) is 24.0 Å². The summed E-state index contributed by atoms with van der Waals surface area (Å²) in [6, 6.07) is 15.5. The van der Waals surface area contributed by atoms with E-state index in [2.05, 4.69) is 17.5 Å². The molecule has 0 saturated heterocycles. The second kappa shape index (κ2) is 7.85. The molecule has 2 aromatic carbocycles. The van der Waals surface area contributed by atoms with Crippen molar-refractivity contribution in [1.29, 1.82) is 5.26 Å². The lowest BCUT2D eigenvalue weighted by atomic mass is 9.91. The number of nitriles is 1. The molecule has 0 aromatic heterocycles. The lowest BCUT2D eigenvalue weighted by molar-refractivity contribution is -0.122. The van der Waals surface area contributed by atoms with Crippen molar-refractivity contribution in [1.82, 2.24) is 0 Å². The van der Waals surface area contributed by atoms with E-state index in [0.29, 0.717) is 12.1 Å². The van der Waals surface area contributed by atoms with Crippen molar-refractivity contribution < 1.29 is 9.53 Å². The lowest BCUT2D eigenvalue weighted by Crippen LogP contribution is -2.30. The predicted octanol–water partition coefficient (Wildman–Crippen LogP) is 4.04. The number of fused-ring (bicyclic) bond motifs is 1. The highest BCUT2D eigenvalue weighted by Crippen LogP contribution is 2.30. The molecule has 1 atom stereocenters. The van der Waals surface area contributed by atoms with Gasteiger partial charge in [0.15, 0.2) is 6.10 Å². The highest BCUT2D eigenvalue weighted by atomic mass is 16.5. The van der Waals surface area contributed by atoms with Gasteiger partial charge in [-0.15, -0.1) is 0 Å². The molecule has 128 valence electrons. The Bertz CT molecular complexity index is 791. The van der Waals surface area contributed by atoms with E-state index in [1.807, 2.05) is 36.4 Å². The number of benzene rings is 2. The molecule has 4 nitrogen and oxygen atoms in total. The van der Waals surface area contributed by atoms with Crippen LogP contribution in [-0.2, 0) is 24.1 Å². The van der Waals surface area contributed by atoms with Gasteiger partial charge in [0.05, 0.1) is 12.5 Å². The summed E-state index contributed by atoms with van der Waals surface area (Å²) in [4.78, 5) is 12.4. The molecule has 0 unspecified atom stereocenters. The topological polar surface area (TPSA) is 62.1 Å². The average Bonchev–Trinajstić information content (AvgIpc) is 2.64. The molecule has 1 N–H and O–H groups in total. The van der Waals surface area contributed by atoms with Crippen LogP contribution in [0.1, 0.15) is 36.5 Å². The highest BCUT2D eigenvalue weighted by Gasteiger charge is 2.19. The number of aryl methyl sites for hydroxylation is 1. The number of nitrogens with one attached hydrogen (secondary N) is 1. The fraction of sp³-hybridized carbons (Fsp3) is 0.333. The number of carbonyl (C=O) groups excluding carboxylic acids is 1. The molecule has 0 fully saturated rings. The van der Waals surface area contributed by atoms with Crippen LogP contribution in [0.2, 0.25) is 0 Å². The van der Waals surface area contributed by atoms with E-state index < -0.39 is 6.10 Å². The molecule has 0 radical (unpaired) electrons. The second-order valence-electron chi connectivity index (χ2n) is 6.38. The van der Waals surface area contributed by atoms with Crippen molar-refractivity contribution in [2.45, 2.75) is 45.1 Å². The van der Waals surface area contributed by atoms with Crippen LogP contribution in [0.3, 0.4) is 0 Å². The molecule has 4 heteroatoms. The minimum atomic E-state index is -0.577. The first-order chi connectivity index (χ1) is 12.2. The van der Waals surface area contributed by atoms with Crippen LogP contribution >= 0.6 is 0 Å². The van der Waals surface area contributed by atoms with Crippen molar-refractivity contribution in [3.05, 3.63) is 59.2 Å². The van der Waals surface area contributed by atoms with Crippen molar-refractivity contribution in [3.63, 3.8) is 0 Å². The minimum Gasteiger partial charge on any atom is -0.481 e. The molecule has 0 heterocycles. The number of anilines is 1. The molecule has 0 spiro atoms. The van der Waals surface area contributed by atoms with Crippen molar-refractivity contribution in [3.8, 4) is 11.8 Å². The zero-order chi connectivity index (χ0) is 17.6. The Kier molecular flexibility index (Phi) is 5.35. The maximum Gasteiger partial charge on any atom is 0.265 e. The Morgan fingerprint density at radius 1 is 1.20 bits per heavy atom. The Morgan fingerprint density at radius 2 is 1.96 bits per heavy atom. The van der Waals surface area contributed by atoms with E-state index >= 15 is 0 Å². The molecular formula is C21H22N2O2. The van der Waals surface area contributed by atoms with Crippen LogP contribution < -0.4 is 10.1 Å². The Morgan fingerprint density at radius 3 is 2.72 bits per heavy atom. The first-order valence-corrected chi connectivity index (χ1v) is 8.71. The smallest absolute Gasteiger partial charge is 0.265 e. The maximum absolute atomic E-state index is 12.4. The maximum atomic E-state index is 12.4. The van der Waals surface area contributed by atoms with Gasteiger partial charge in [-0.2, -0.15) is 5.26 Å². The van der Waals surface area contributed by atoms with Gasteiger partial charge in [-0.3, -0.25) is 4.79 Å². The number of ether oxygens (including phenoxy) is 1. The fourth-order valence-corrected chi connectivity index (χ4v) is 3.14. The number of amides is 1. The third-order valence-electron chi connectivity index (χ3n) is 4.53. The van der Waals surface area contributed by atoms with Crippen LogP contribution in [-0.4, -0.2) is 12.0 Å². The van der Waals surface area contributed by atoms with Crippen LogP contribution in [0, 0.1) is 11.3 Å². The van der Waals surface area contributed by atoms with E-state index in [-0.39, 0.29) is 5.91 Å². The van der Waals surface area contributed by atoms with Gasteiger partial charge in [0.25, 0.3) is 5.91 Å². The SMILES string of the molecule is C[C@@H](Oc1cccc2c1CCCC2)C(=O)Nc1ccc(CC#N)cc1. The van der Waals surface area contributed by atoms with Crippen LogP contribution in [0.5, 0.6) is 5.75 Å². The molecule has 0 bridgehead atoms. The number of rotatable bonds is 5. The van der Waals surface area contributed by atoms with E-state index in [4.69, 9.17) is 10.00 Å². The zero-order valence-corrected chi connectivity index (χ0v) is 14.4. The Hall–Kier alpha value is -2.80. The average molecular weight is 334 g/mol. The van der Waals surface area contributed by atoms with Gasteiger partial charge in [-0.05, 0) is 67.5 Å². The summed E-state index contributed by atoms with van der Waals surface area (Å²) < 4.78 is 5.95. The standard InChI is InChI=1S/C21H22N2O2/c1-15(21(24)23-18-11-9-16(10-12-18)13-14-22)25-20-8-4-6-17-5-2-3-7-19(17)20/h4,6,8-12,15H,2-3,5,7,13H2,1H3,(H,23,24)/t15-/m1/s1. The van der Waals surface area contributed by atoms with Gasteiger partial charge in [0, 0.05) is 5.69 Å². The molecule has 0 aliphatic heterocycles. The molecular weight excluding hydrogens is 312 g/mol. The number of carbonyl (C=O) groups is 1. The number of hydrogen-bond donors (Lipinski definition) is 1. The summed E-state index contributed by atoms with van der Waals surface area (Å²) in [5.41, 5.74) is 4.22. The fourth-order valence-electron chi connectivity index (χ4n) is 3.14. The van der Waals surface area contributed by atoms with Crippen molar-refractivity contribution in [2.24, 2.45) is 0 Å². The molecule has 1 aliphatic rings. The van der Waals surface area contributed by atoms with Crippen LogP contribution in [0.25, 0.3) is 0 Å². The zero-order valence-electron chi connectivity index (χ0n) is 14.4. The molecule has 1 aliphatic carbocycles. The largest absolute Gasteiger partial charge is 0.481 e. The summed E-state index contributed by atoms with van der Waals surface area (Å²) in [5.74, 6) is 0.644. The Labute approximate surface area is 148 Å². The van der Waals surface area contributed by atoms with Gasteiger partial charge in [0.2, 0.25) is 0 Å². The summed E-state index contributed by atoms with van der Waals surface area (Å²) in [6.07, 6.45) is 4.28. The predicted molar refractivity (Wildman–Crippen MR) is 97.6 cm³/mol. The van der Waals surface area contributed by atoms with Gasteiger partial charge >= 0.3 is 0 Å². The molecule has 25 heavy (non-hydrogen) atoms. The molecule has 1 amide bonds. The van der Waals surface area contributed by atoms with E-state index in [1.54, 1.807) is 6.92 Å². The summed E-state index contributed by atoms with van der Waals surface area (Å²) in [6.45, 7) is 1.77. The quantitative estimate of drug-likeness (QED) is 0.897. The van der Waals surface area contributed by atoms with Crippen molar-refractivity contribution >= 4 is 11.6 Å². The van der Waals surface area contributed by atoms with Crippen LogP contribution in [0.4, 0.5) is 5.69 Å².